The maximum Gasteiger partial charge on any atom is 0.317 e. The number of benzene rings is 2. The molecule has 22 heavy (non-hydrogen) atoms. The molecule has 0 unspecified atom stereocenters. The number of hydrogen-bond donors (Lipinski definition) is 3. The summed E-state index contributed by atoms with van der Waals surface area (Å²) < 4.78 is 0. The molecule has 0 heterocycles. The average Bonchev–Trinajstić information content (AvgIpc) is 2.45. The van der Waals surface area contributed by atoms with Crippen LogP contribution < -0.4 is 0 Å². The van der Waals surface area contributed by atoms with Crippen molar-refractivity contribution in [3.8, 4) is 17.2 Å². The molecular weight excluding hydrogens is 296 g/mol. The molecular formula is C13H12N2O7. The first-order chi connectivity index (χ1) is 10.2. The molecule has 0 atom stereocenters. The van der Waals surface area contributed by atoms with Crippen molar-refractivity contribution in [1.29, 1.82) is 0 Å². The zero-order valence-corrected chi connectivity index (χ0v) is 11.3. The van der Waals surface area contributed by atoms with Crippen molar-refractivity contribution in [2.75, 3.05) is 0 Å². The van der Waals surface area contributed by atoms with Crippen LogP contribution in [0.2, 0.25) is 0 Å². The topological polar surface area (TPSA) is 147 Å². The molecule has 0 radical (unpaired) electrons. The molecule has 9 nitrogen and oxygen atoms in total. The lowest BCUT2D eigenvalue weighted by atomic mass is 10.1. The number of nitro benzene ring substituents is 2. The molecule has 2 rings (SSSR count). The number of aromatic hydroxyl groups is 3. The predicted molar refractivity (Wildman–Crippen MR) is 75.9 cm³/mol. The molecule has 0 saturated heterocycles. The first kappa shape index (κ1) is 16.7. The van der Waals surface area contributed by atoms with E-state index in [9.17, 15) is 25.3 Å². The molecule has 0 bridgehead atoms. The Balaban J connectivity index is 0.000000255. The maximum absolute atomic E-state index is 10.4. The smallest absolute Gasteiger partial charge is 0.317 e. The number of non-ortho nitro benzene ring substituents is 1. The summed E-state index contributed by atoms with van der Waals surface area (Å²) in [6.45, 7) is 1.36. The number of para-hydroxylation sites is 2. The van der Waals surface area contributed by atoms with E-state index in [2.05, 4.69) is 0 Å². The lowest BCUT2D eigenvalue weighted by molar-refractivity contribution is -0.394. The Morgan fingerprint density at radius 1 is 0.909 bits per heavy atom. The van der Waals surface area contributed by atoms with Crippen LogP contribution in [0.4, 0.5) is 11.4 Å². The van der Waals surface area contributed by atoms with Crippen LogP contribution in [0.25, 0.3) is 0 Å². The van der Waals surface area contributed by atoms with Crippen LogP contribution in [-0.4, -0.2) is 25.2 Å². The minimum Gasteiger partial charge on any atom is -0.504 e. The Hall–Kier alpha value is -3.36. The lowest BCUT2D eigenvalue weighted by Crippen LogP contribution is -1.94. The average molecular weight is 308 g/mol. The molecule has 0 amide bonds. The summed E-state index contributed by atoms with van der Waals surface area (Å²) in [6.07, 6.45) is 0. The molecule has 3 N–H and O–H groups in total. The fourth-order valence-corrected chi connectivity index (χ4v) is 1.45. The van der Waals surface area contributed by atoms with E-state index in [1.807, 2.05) is 0 Å². The Kier molecular flexibility index (Phi) is 5.22. The van der Waals surface area contributed by atoms with Gasteiger partial charge in [0.05, 0.1) is 15.9 Å². The van der Waals surface area contributed by atoms with Gasteiger partial charge in [-0.2, -0.15) is 0 Å². The molecule has 0 saturated carbocycles. The summed E-state index contributed by atoms with van der Waals surface area (Å²) >= 11 is 0. The second kappa shape index (κ2) is 6.88. The van der Waals surface area contributed by atoms with E-state index in [1.54, 1.807) is 12.1 Å². The molecule has 2 aromatic carbocycles. The van der Waals surface area contributed by atoms with Crippen molar-refractivity contribution in [1.82, 2.24) is 0 Å². The van der Waals surface area contributed by atoms with Gasteiger partial charge in [0.1, 0.15) is 0 Å². The standard InChI is InChI=1S/C7H6N2O5.C6H6O2/c1-4-2-5(8(11)12)3-6(7(4)10)9(13)14;7-5-3-1-2-4-6(5)8/h2-3,10H,1H3;1-4,7-8H. The number of rotatable bonds is 2. The molecule has 2 aromatic rings. The third-order valence-electron chi connectivity index (χ3n) is 2.55. The Morgan fingerprint density at radius 3 is 1.77 bits per heavy atom. The monoisotopic (exact) mass is 308 g/mol. The number of phenols is 3. The van der Waals surface area contributed by atoms with Crippen molar-refractivity contribution in [2.24, 2.45) is 0 Å². The van der Waals surface area contributed by atoms with Gasteiger partial charge in [-0.15, -0.1) is 0 Å². The van der Waals surface area contributed by atoms with Gasteiger partial charge in [-0.1, -0.05) is 12.1 Å². The highest BCUT2D eigenvalue weighted by Crippen LogP contribution is 2.33. The normalized spacial score (nSPS) is 9.50. The van der Waals surface area contributed by atoms with Crippen LogP contribution in [-0.2, 0) is 0 Å². The highest BCUT2D eigenvalue weighted by atomic mass is 16.6. The number of nitro groups is 2. The third-order valence-corrected chi connectivity index (χ3v) is 2.55. The van der Waals surface area contributed by atoms with Crippen LogP contribution in [0.15, 0.2) is 36.4 Å². The van der Waals surface area contributed by atoms with Crippen LogP contribution in [0, 0.1) is 27.2 Å². The van der Waals surface area contributed by atoms with Crippen LogP contribution in [0.5, 0.6) is 17.2 Å². The van der Waals surface area contributed by atoms with E-state index in [-0.39, 0.29) is 17.1 Å². The quantitative estimate of drug-likeness (QED) is 0.438. The van der Waals surface area contributed by atoms with Gasteiger partial charge in [-0.3, -0.25) is 20.2 Å². The van der Waals surface area contributed by atoms with E-state index in [0.29, 0.717) is 0 Å². The van der Waals surface area contributed by atoms with Crippen LogP contribution >= 0.6 is 0 Å². The molecule has 0 aliphatic rings. The molecule has 0 aromatic heterocycles. The van der Waals surface area contributed by atoms with Gasteiger partial charge in [0.25, 0.3) is 5.69 Å². The van der Waals surface area contributed by atoms with Gasteiger partial charge in [-0.05, 0) is 19.1 Å². The maximum atomic E-state index is 10.4. The van der Waals surface area contributed by atoms with E-state index in [4.69, 9.17) is 10.2 Å². The Morgan fingerprint density at radius 2 is 1.41 bits per heavy atom. The number of aryl methyl sites for hydroxylation is 1. The second-order valence-electron chi connectivity index (χ2n) is 4.13. The highest BCUT2D eigenvalue weighted by molar-refractivity contribution is 5.57. The fraction of sp³-hybridized carbons (Fsp3) is 0.0769. The van der Waals surface area contributed by atoms with Crippen molar-refractivity contribution in [3.05, 3.63) is 62.2 Å². The number of hydrogen-bond acceptors (Lipinski definition) is 7. The van der Waals surface area contributed by atoms with Crippen molar-refractivity contribution < 1.29 is 25.2 Å². The minimum absolute atomic E-state index is 0.0764. The van der Waals surface area contributed by atoms with Crippen LogP contribution in [0.1, 0.15) is 5.56 Å². The Bertz CT molecular complexity index is 695. The first-order valence-electron chi connectivity index (χ1n) is 5.83. The summed E-state index contributed by atoms with van der Waals surface area (Å²) in [6, 6.07) is 7.94. The lowest BCUT2D eigenvalue weighted by Gasteiger charge is -1.99. The summed E-state index contributed by atoms with van der Waals surface area (Å²) in [7, 11) is 0. The number of nitrogens with zero attached hydrogens (tertiary/aromatic N) is 2. The zero-order chi connectivity index (χ0) is 16.9. The molecule has 0 spiro atoms. The van der Waals surface area contributed by atoms with E-state index in [1.165, 1.54) is 19.1 Å². The molecule has 0 aliphatic carbocycles. The SMILES string of the molecule is Cc1cc([N+](=O)[O-])cc([N+](=O)[O-])c1O.Oc1ccccc1O. The largest absolute Gasteiger partial charge is 0.504 e. The van der Waals surface area contributed by atoms with Gasteiger partial charge in [-0.25, -0.2) is 0 Å². The second-order valence-corrected chi connectivity index (χ2v) is 4.13. The van der Waals surface area contributed by atoms with E-state index >= 15 is 0 Å². The van der Waals surface area contributed by atoms with Crippen LogP contribution in [0.3, 0.4) is 0 Å². The van der Waals surface area contributed by atoms with Gasteiger partial charge >= 0.3 is 5.69 Å². The van der Waals surface area contributed by atoms with Crippen molar-refractivity contribution in [3.63, 3.8) is 0 Å². The molecule has 0 fully saturated rings. The van der Waals surface area contributed by atoms with E-state index < -0.39 is 27.0 Å². The molecule has 116 valence electrons. The minimum atomic E-state index is -0.866. The highest BCUT2D eigenvalue weighted by Gasteiger charge is 2.21. The zero-order valence-electron chi connectivity index (χ0n) is 11.3. The molecule has 9 heteroatoms. The van der Waals surface area contributed by atoms with Crippen molar-refractivity contribution >= 4 is 11.4 Å². The summed E-state index contributed by atoms with van der Waals surface area (Å²) in [4.78, 5) is 19.1. The first-order valence-corrected chi connectivity index (χ1v) is 5.83. The fourth-order valence-electron chi connectivity index (χ4n) is 1.45. The van der Waals surface area contributed by atoms with Crippen molar-refractivity contribution in [2.45, 2.75) is 6.92 Å². The Labute approximate surface area is 124 Å². The summed E-state index contributed by atoms with van der Waals surface area (Å²) in [5.41, 5.74) is -0.963. The summed E-state index contributed by atoms with van der Waals surface area (Å²) in [5, 5.41) is 47.3. The van der Waals surface area contributed by atoms with Gasteiger partial charge < -0.3 is 15.3 Å². The van der Waals surface area contributed by atoms with Gasteiger partial charge in [0.15, 0.2) is 17.2 Å². The summed E-state index contributed by atoms with van der Waals surface area (Å²) in [5.74, 6) is -0.694. The molecule has 0 aliphatic heterocycles. The van der Waals surface area contributed by atoms with E-state index in [0.717, 1.165) is 12.1 Å². The van der Waals surface area contributed by atoms with Gasteiger partial charge in [0, 0.05) is 11.6 Å². The third kappa shape index (κ3) is 4.07. The predicted octanol–water partition coefficient (Wildman–Crippen LogP) is 2.61. The van der Waals surface area contributed by atoms with Gasteiger partial charge in [0.2, 0.25) is 0 Å². The number of phenolic OH excluding ortho intramolecular Hbond substituents is 3.